The van der Waals surface area contributed by atoms with Crippen LogP contribution in [0.15, 0.2) is 24.3 Å². The van der Waals surface area contributed by atoms with Gasteiger partial charge in [0.05, 0.1) is 0 Å². The van der Waals surface area contributed by atoms with Crippen molar-refractivity contribution in [3.63, 3.8) is 0 Å². The second kappa shape index (κ2) is 4.23. The molecule has 1 aromatic carbocycles. The Balaban J connectivity index is 2.38. The summed E-state index contributed by atoms with van der Waals surface area (Å²) in [7, 11) is 0. The Morgan fingerprint density at radius 3 is 2.93 bits per heavy atom. The second-order valence-corrected chi connectivity index (χ2v) is 4.01. The molecule has 0 saturated heterocycles. The van der Waals surface area contributed by atoms with Gasteiger partial charge in [-0.05, 0) is 30.7 Å². The number of H-pyrrole nitrogens is 1. The lowest BCUT2D eigenvalue weighted by Crippen LogP contribution is -2.11. The molecule has 0 amide bonds. The van der Waals surface area contributed by atoms with E-state index in [1.807, 2.05) is 24.3 Å². The van der Waals surface area contributed by atoms with E-state index in [-0.39, 0.29) is 12.6 Å². The number of fused-ring (bicyclic) bond motifs is 1. The molecule has 15 heavy (non-hydrogen) atoms. The largest absolute Gasteiger partial charge is 0.396 e. The Morgan fingerprint density at radius 2 is 2.20 bits per heavy atom. The van der Waals surface area contributed by atoms with Crippen molar-refractivity contribution < 1.29 is 5.11 Å². The normalized spacial score (nSPS) is 13.3. The monoisotopic (exact) mass is 224 g/mol. The molecular weight excluding hydrogens is 212 g/mol. The topological polar surface area (TPSA) is 62.0 Å². The van der Waals surface area contributed by atoms with E-state index in [4.69, 9.17) is 22.4 Å². The van der Waals surface area contributed by atoms with Crippen LogP contribution in [0.2, 0.25) is 5.02 Å². The maximum atomic E-state index is 8.80. The number of rotatable bonds is 3. The van der Waals surface area contributed by atoms with Crippen molar-refractivity contribution in [2.45, 2.75) is 12.5 Å². The summed E-state index contributed by atoms with van der Waals surface area (Å²) in [4.78, 5) is 3.21. The summed E-state index contributed by atoms with van der Waals surface area (Å²) in [6, 6.07) is 7.47. The number of halogens is 1. The summed E-state index contributed by atoms with van der Waals surface area (Å²) in [5.41, 5.74) is 7.83. The molecule has 0 aliphatic heterocycles. The Hall–Kier alpha value is -1.03. The van der Waals surface area contributed by atoms with E-state index in [1.165, 1.54) is 0 Å². The third kappa shape index (κ3) is 2.15. The van der Waals surface area contributed by atoms with Crippen molar-refractivity contribution in [2.24, 2.45) is 5.73 Å². The van der Waals surface area contributed by atoms with E-state index in [9.17, 15) is 0 Å². The zero-order valence-corrected chi connectivity index (χ0v) is 8.96. The fourth-order valence-electron chi connectivity index (χ4n) is 1.62. The predicted molar refractivity (Wildman–Crippen MR) is 61.9 cm³/mol. The van der Waals surface area contributed by atoms with Crippen LogP contribution in [0.1, 0.15) is 18.2 Å². The fraction of sp³-hybridized carbons (Fsp3) is 0.273. The molecule has 2 rings (SSSR count). The first-order valence-corrected chi connectivity index (χ1v) is 5.23. The number of benzene rings is 1. The first-order chi connectivity index (χ1) is 7.20. The summed E-state index contributed by atoms with van der Waals surface area (Å²) in [6.45, 7) is 0.0945. The highest BCUT2D eigenvalue weighted by Crippen LogP contribution is 2.23. The van der Waals surface area contributed by atoms with Gasteiger partial charge in [-0.1, -0.05) is 11.6 Å². The maximum Gasteiger partial charge on any atom is 0.0470 e. The molecule has 0 aliphatic rings. The van der Waals surface area contributed by atoms with Gasteiger partial charge >= 0.3 is 0 Å². The van der Waals surface area contributed by atoms with Crippen LogP contribution in [0.4, 0.5) is 0 Å². The maximum absolute atomic E-state index is 8.80. The minimum Gasteiger partial charge on any atom is -0.396 e. The van der Waals surface area contributed by atoms with Gasteiger partial charge in [0.25, 0.3) is 0 Å². The van der Waals surface area contributed by atoms with Gasteiger partial charge in [-0.25, -0.2) is 0 Å². The van der Waals surface area contributed by atoms with Gasteiger partial charge in [-0.15, -0.1) is 0 Å². The minimum atomic E-state index is -0.152. The summed E-state index contributed by atoms with van der Waals surface area (Å²) in [5.74, 6) is 0. The van der Waals surface area contributed by atoms with Gasteiger partial charge in [-0.3, -0.25) is 0 Å². The van der Waals surface area contributed by atoms with Crippen LogP contribution in [0, 0.1) is 0 Å². The quantitative estimate of drug-likeness (QED) is 0.749. The molecule has 4 heteroatoms. The smallest absolute Gasteiger partial charge is 0.0470 e. The number of hydrogen-bond acceptors (Lipinski definition) is 2. The van der Waals surface area contributed by atoms with Crippen LogP contribution >= 0.6 is 11.6 Å². The third-order valence-corrected chi connectivity index (χ3v) is 2.68. The number of aliphatic hydroxyl groups is 1. The molecule has 80 valence electrons. The van der Waals surface area contributed by atoms with E-state index in [0.717, 1.165) is 16.6 Å². The van der Waals surface area contributed by atoms with Gasteiger partial charge in [0, 0.05) is 34.3 Å². The minimum absolute atomic E-state index is 0.0945. The third-order valence-electron chi connectivity index (χ3n) is 2.44. The average molecular weight is 225 g/mol. The molecule has 0 spiro atoms. The Morgan fingerprint density at radius 1 is 1.40 bits per heavy atom. The van der Waals surface area contributed by atoms with E-state index >= 15 is 0 Å². The summed E-state index contributed by atoms with van der Waals surface area (Å²) in [5, 5.41) is 10.6. The molecule has 0 fully saturated rings. The molecule has 4 N–H and O–H groups in total. The predicted octanol–water partition coefficient (Wildman–Crippen LogP) is 2.20. The molecule has 0 saturated carbocycles. The zero-order valence-electron chi connectivity index (χ0n) is 8.20. The lowest BCUT2D eigenvalue weighted by molar-refractivity contribution is 0.276. The molecular formula is C11H13ClN2O. The number of aliphatic hydroxyl groups excluding tert-OH is 1. The van der Waals surface area contributed by atoms with Gasteiger partial charge < -0.3 is 15.8 Å². The van der Waals surface area contributed by atoms with Crippen LogP contribution in [-0.4, -0.2) is 16.7 Å². The molecule has 1 unspecified atom stereocenters. The van der Waals surface area contributed by atoms with Crippen molar-refractivity contribution >= 4 is 22.5 Å². The van der Waals surface area contributed by atoms with E-state index in [2.05, 4.69) is 4.98 Å². The highest BCUT2D eigenvalue weighted by atomic mass is 35.5. The van der Waals surface area contributed by atoms with Gasteiger partial charge in [0.1, 0.15) is 0 Å². The first kappa shape index (κ1) is 10.5. The van der Waals surface area contributed by atoms with Crippen LogP contribution in [0.25, 0.3) is 10.9 Å². The molecule has 1 aromatic heterocycles. The molecule has 1 atom stereocenters. The van der Waals surface area contributed by atoms with Crippen molar-refractivity contribution in [1.82, 2.24) is 4.98 Å². The highest BCUT2D eigenvalue weighted by molar-refractivity contribution is 6.31. The van der Waals surface area contributed by atoms with Gasteiger partial charge in [0.15, 0.2) is 0 Å². The average Bonchev–Trinajstić information content (AvgIpc) is 2.60. The van der Waals surface area contributed by atoms with Crippen LogP contribution in [0.5, 0.6) is 0 Å². The van der Waals surface area contributed by atoms with Crippen molar-refractivity contribution in [3.8, 4) is 0 Å². The number of aromatic amines is 1. The molecule has 0 radical (unpaired) electrons. The molecule has 0 aliphatic carbocycles. The highest BCUT2D eigenvalue weighted by Gasteiger charge is 2.08. The van der Waals surface area contributed by atoms with Crippen molar-refractivity contribution in [1.29, 1.82) is 0 Å². The molecule has 0 bridgehead atoms. The van der Waals surface area contributed by atoms with Crippen LogP contribution in [-0.2, 0) is 0 Å². The lowest BCUT2D eigenvalue weighted by atomic mass is 10.1. The second-order valence-electron chi connectivity index (χ2n) is 3.58. The SMILES string of the molecule is NC(CCO)c1cc2cc(Cl)ccc2[nH]1. The summed E-state index contributed by atoms with van der Waals surface area (Å²) >= 11 is 5.88. The van der Waals surface area contributed by atoms with E-state index < -0.39 is 0 Å². The molecule has 3 nitrogen and oxygen atoms in total. The number of aromatic nitrogens is 1. The van der Waals surface area contributed by atoms with Gasteiger partial charge in [0.2, 0.25) is 0 Å². The summed E-state index contributed by atoms with van der Waals surface area (Å²) < 4.78 is 0. The number of nitrogens with one attached hydrogen (secondary N) is 1. The summed E-state index contributed by atoms with van der Waals surface area (Å²) in [6.07, 6.45) is 0.556. The molecule has 2 aromatic rings. The Bertz CT molecular complexity index is 467. The number of nitrogens with two attached hydrogens (primary N) is 1. The fourth-order valence-corrected chi connectivity index (χ4v) is 1.80. The first-order valence-electron chi connectivity index (χ1n) is 4.85. The Labute approximate surface area is 92.9 Å². The van der Waals surface area contributed by atoms with Crippen LogP contribution < -0.4 is 5.73 Å². The van der Waals surface area contributed by atoms with E-state index in [1.54, 1.807) is 0 Å². The zero-order chi connectivity index (χ0) is 10.8. The van der Waals surface area contributed by atoms with Crippen molar-refractivity contribution in [3.05, 3.63) is 35.0 Å². The molecule has 1 heterocycles. The van der Waals surface area contributed by atoms with Crippen LogP contribution in [0.3, 0.4) is 0 Å². The Kier molecular flexibility index (Phi) is 2.95. The lowest BCUT2D eigenvalue weighted by Gasteiger charge is -2.06. The van der Waals surface area contributed by atoms with E-state index in [0.29, 0.717) is 11.4 Å². The number of hydrogen-bond donors (Lipinski definition) is 3. The standard InChI is InChI=1S/C11H13ClN2O/c12-8-1-2-10-7(5-8)6-11(14-10)9(13)3-4-15/h1-2,5-6,9,14-15H,3-4,13H2. The van der Waals surface area contributed by atoms with Gasteiger partial charge in [-0.2, -0.15) is 0 Å². The van der Waals surface area contributed by atoms with Crippen molar-refractivity contribution in [2.75, 3.05) is 6.61 Å².